The number of halogens is 1. The number of anilines is 1. The molecule has 1 aromatic carbocycles. The largest absolute Gasteiger partial charge is 0.378 e. The molecule has 1 saturated heterocycles. The Morgan fingerprint density at radius 1 is 1.20 bits per heavy atom. The van der Waals surface area contributed by atoms with Gasteiger partial charge in [-0.15, -0.1) is 0 Å². The Labute approximate surface area is 140 Å². The Hall–Kier alpha value is -3.07. The van der Waals surface area contributed by atoms with Crippen molar-refractivity contribution in [1.29, 1.82) is 0 Å². The first-order chi connectivity index (χ1) is 12.1. The molecule has 0 radical (unpaired) electrons. The first-order valence-corrected chi connectivity index (χ1v) is 7.74. The molecule has 0 amide bonds. The zero-order chi connectivity index (χ0) is 17.4. The third kappa shape index (κ3) is 2.78. The lowest BCUT2D eigenvalue weighted by molar-refractivity contribution is 0.122. The van der Waals surface area contributed by atoms with Crippen LogP contribution in [0.1, 0.15) is 0 Å². The predicted molar refractivity (Wildman–Crippen MR) is 88.7 cm³/mol. The third-order valence-electron chi connectivity index (χ3n) is 4.00. The molecule has 128 valence electrons. The quantitative estimate of drug-likeness (QED) is 0.726. The number of hydrogen-bond acceptors (Lipinski definition) is 6. The van der Waals surface area contributed by atoms with E-state index in [1.165, 1.54) is 24.4 Å². The Morgan fingerprint density at radius 3 is 2.76 bits per heavy atom. The van der Waals surface area contributed by atoms with E-state index in [2.05, 4.69) is 15.0 Å². The summed E-state index contributed by atoms with van der Waals surface area (Å²) in [5, 5.41) is 0.154. The van der Waals surface area contributed by atoms with Gasteiger partial charge in [-0.05, 0) is 18.2 Å². The second kappa shape index (κ2) is 6.10. The van der Waals surface area contributed by atoms with E-state index in [0.717, 1.165) is 10.6 Å². The summed E-state index contributed by atoms with van der Waals surface area (Å²) in [5.41, 5.74) is -0.989. The number of H-pyrrole nitrogens is 1. The maximum atomic E-state index is 13.4. The van der Waals surface area contributed by atoms with Gasteiger partial charge < -0.3 is 9.64 Å². The van der Waals surface area contributed by atoms with Crippen molar-refractivity contribution in [1.82, 2.24) is 19.5 Å². The maximum absolute atomic E-state index is 13.4. The number of hydrogen-bond donors (Lipinski definition) is 1. The molecule has 0 aliphatic carbocycles. The van der Waals surface area contributed by atoms with Crippen LogP contribution in [0.2, 0.25) is 0 Å². The molecule has 1 aliphatic heterocycles. The molecule has 0 atom stereocenters. The summed E-state index contributed by atoms with van der Waals surface area (Å²) >= 11 is 0. The summed E-state index contributed by atoms with van der Waals surface area (Å²) in [6.45, 7) is 2.41. The molecule has 1 N–H and O–H groups in total. The van der Waals surface area contributed by atoms with Gasteiger partial charge in [-0.1, -0.05) is 6.07 Å². The van der Waals surface area contributed by atoms with Gasteiger partial charge in [-0.3, -0.25) is 9.78 Å². The number of fused-ring (bicyclic) bond motifs is 1. The van der Waals surface area contributed by atoms with Crippen LogP contribution < -0.4 is 16.1 Å². The van der Waals surface area contributed by atoms with Crippen LogP contribution in [0.25, 0.3) is 16.7 Å². The van der Waals surface area contributed by atoms with Crippen molar-refractivity contribution >= 4 is 17.0 Å². The Balaban J connectivity index is 1.86. The first-order valence-electron chi connectivity index (χ1n) is 7.74. The molecular formula is C16H14FN5O3. The summed E-state index contributed by atoms with van der Waals surface area (Å²) in [4.78, 5) is 38.0. The second-order valence-corrected chi connectivity index (χ2v) is 5.58. The molecule has 3 aromatic rings. The van der Waals surface area contributed by atoms with Crippen LogP contribution in [0.3, 0.4) is 0 Å². The van der Waals surface area contributed by atoms with Crippen molar-refractivity contribution in [2.45, 2.75) is 0 Å². The molecule has 0 spiro atoms. The average molecular weight is 343 g/mol. The van der Waals surface area contributed by atoms with Gasteiger partial charge in [-0.25, -0.2) is 18.7 Å². The standard InChI is InChI=1S/C16H14FN5O3/c17-10-2-1-3-11(8-10)22-14(23)12-9-18-15(19-13(12)20-16(22)24)21-4-6-25-7-5-21/h1-3,8-9H,4-7H2,(H,18,19,20,24). The molecule has 25 heavy (non-hydrogen) atoms. The Morgan fingerprint density at radius 2 is 2.00 bits per heavy atom. The average Bonchev–Trinajstić information content (AvgIpc) is 2.62. The fourth-order valence-corrected chi connectivity index (χ4v) is 2.76. The van der Waals surface area contributed by atoms with Crippen LogP contribution in [0, 0.1) is 5.82 Å². The molecule has 2 aromatic heterocycles. The van der Waals surface area contributed by atoms with Crippen molar-refractivity contribution in [3.8, 4) is 5.69 Å². The van der Waals surface area contributed by atoms with Gasteiger partial charge in [0.25, 0.3) is 5.56 Å². The maximum Gasteiger partial charge on any atom is 0.334 e. The van der Waals surface area contributed by atoms with E-state index in [-0.39, 0.29) is 16.7 Å². The minimum Gasteiger partial charge on any atom is -0.378 e. The van der Waals surface area contributed by atoms with E-state index >= 15 is 0 Å². The van der Waals surface area contributed by atoms with Gasteiger partial charge in [0.15, 0.2) is 5.65 Å². The summed E-state index contributed by atoms with van der Waals surface area (Å²) in [5.74, 6) is -0.114. The lowest BCUT2D eigenvalue weighted by Crippen LogP contribution is -2.38. The van der Waals surface area contributed by atoms with Crippen molar-refractivity contribution in [2.75, 3.05) is 31.2 Å². The molecule has 0 saturated carbocycles. The van der Waals surface area contributed by atoms with Crippen LogP contribution in [-0.2, 0) is 4.74 Å². The lowest BCUT2D eigenvalue weighted by Gasteiger charge is -2.26. The minimum atomic E-state index is -0.685. The summed E-state index contributed by atoms with van der Waals surface area (Å²) in [7, 11) is 0. The zero-order valence-electron chi connectivity index (χ0n) is 13.1. The number of morpholine rings is 1. The molecule has 8 nitrogen and oxygen atoms in total. The van der Waals surface area contributed by atoms with Gasteiger partial charge in [0.05, 0.1) is 18.9 Å². The van der Waals surface area contributed by atoms with E-state index in [9.17, 15) is 14.0 Å². The Bertz CT molecular complexity index is 1060. The van der Waals surface area contributed by atoms with Gasteiger partial charge in [-0.2, -0.15) is 4.98 Å². The zero-order valence-corrected chi connectivity index (χ0v) is 13.1. The van der Waals surface area contributed by atoms with Crippen molar-refractivity contribution < 1.29 is 9.13 Å². The normalized spacial score (nSPS) is 14.8. The van der Waals surface area contributed by atoms with Crippen molar-refractivity contribution in [3.63, 3.8) is 0 Å². The minimum absolute atomic E-state index is 0.144. The SMILES string of the molecule is O=c1[nH]c2nc(N3CCOCC3)ncc2c(=O)n1-c1cccc(F)c1. The topological polar surface area (TPSA) is 93.1 Å². The number of benzene rings is 1. The van der Waals surface area contributed by atoms with Crippen molar-refractivity contribution in [2.24, 2.45) is 0 Å². The molecule has 1 fully saturated rings. The van der Waals surface area contributed by atoms with E-state index < -0.39 is 17.1 Å². The molecule has 4 rings (SSSR count). The molecule has 3 heterocycles. The van der Waals surface area contributed by atoms with E-state index in [0.29, 0.717) is 32.3 Å². The van der Waals surface area contributed by atoms with Crippen molar-refractivity contribution in [3.05, 3.63) is 57.1 Å². The highest BCUT2D eigenvalue weighted by atomic mass is 19.1. The second-order valence-electron chi connectivity index (χ2n) is 5.58. The number of ether oxygens (including phenoxy) is 1. The van der Waals surface area contributed by atoms with Gasteiger partial charge in [0, 0.05) is 19.3 Å². The van der Waals surface area contributed by atoms with Crippen LogP contribution in [0.15, 0.2) is 40.1 Å². The van der Waals surface area contributed by atoms with Crippen LogP contribution in [0.5, 0.6) is 0 Å². The first kappa shape index (κ1) is 15.5. The van der Waals surface area contributed by atoms with E-state index in [1.54, 1.807) is 0 Å². The number of nitrogens with zero attached hydrogens (tertiary/aromatic N) is 4. The summed E-state index contributed by atoms with van der Waals surface area (Å²) in [6.07, 6.45) is 1.38. The monoisotopic (exact) mass is 343 g/mol. The van der Waals surface area contributed by atoms with Crippen LogP contribution >= 0.6 is 0 Å². The number of nitrogens with one attached hydrogen (secondary N) is 1. The fourth-order valence-electron chi connectivity index (χ4n) is 2.76. The number of rotatable bonds is 2. The van der Waals surface area contributed by atoms with Crippen LogP contribution in [0.4, 0.5) is 10.3 Å². The molecule has 9 heteroatoms. The van der Waals surface area contributed by atoms with E-state index in [1.807, 2.05) is 4.90 Å². The van der Waals surface area contributed by atoms with E-state index in [4.69, 9.17) is 4.74 Å². The van der Waals surface area contributed by atoms with Gasteiger partial charge >= 0.3 is 5.69 Å². The number of aromatic nitrogens is 4. The highest BCUT2D eigenvalue weighted by Gasteiger charge is 2.17. The molecule has 0 unspecified atom stereocenters. The van der Waals surface area contributed by atoms with Gasteiger partial charge in [0.1, 0.15) is 11.2 Å². The van der Waals surface area contributed by atoms with Crippen LogP contribution in [-0.4, -0.2) is 45.8 Å². The molecular weight excluding hydrogens is 329 g/mol. The number of aromatic amines is 1. The summed E-state index contributed by atoms with van der Waals surface area (Å²) < 4.78 is 19.6. The summed E-state index contributed by atoms with van der Waals surface area (Å²) in [6, 6.07) is 5.26. The smallest absolute Gasteiger partial charge is 0.334 e. The van der Waals surface area contributed by atoms with Gasteiger partial charge in [0.2, 0.25) is 5.95 Å². The predicted octanol–water partition coefficient (Wildman–Crippen LogP) is 0.445. The lowest BCUT2D eigenvalue weighted by atomic mass is 10.3. The Kier molecular flexibility index (Phi) is 3.77. The molecule has 0 bridgehead atoms. The highest BCUT2D eigenvalue weighted by Crippen LogP contribution is 2.12. The highest BCUT2D eigenvalue weighted by molar-refractivity contribution is 5.73. The molecule has 1 aliphatic rings. The third-order valence-corrected chi connectivity index (χ3v) is 4.00. The fraction of sp³-hybridized carbons (Fsp3) is 0.250.